The molecule has 1 aliphatic heterocycles. The van der Waals surface area contributed by atoms with Gasteiger partial charge in [-0.15, -0.1) is 0 Å². The van der Waals surface area contributed by atoms with Gasteiger partial charge in [-0.05, 0) is 48.9 Å². The highest BCUT2D eigenvalue weighted by Crippen LogP contribution is 2.25. The van der Waals surface area contributed by atoms with Crippen LogP contribution in [0.4, 0.5) is 10.5 Å². The molecule has 5 nitrogen and oxygen atoms in total. The summed E-state index contributed by atoms with van der Waals surface area (Å²) in [5.41, 5.74) is 1.39. The number of hydrogen-bond acceptors (Lipinski definition) is 3. The largest absolute Gasteiger partial charge is 0.494 e. The maximum absolute atomic E-state index is 12.5. The molecule has 1 aliphatic rings. The van der Waals surface area contributed by atoms with E-state index in [0.717, 1.165) is 10.5 Å². The molecule has 2 aromatic carbocycles. The molecule has 0 aliphatic carbocycles. The summed E-state index contributed by atoms with van der Waals surface area (Å²) < 4.78 is 5.44. The molecule has 1 fully saturated rings. The molecule has 1 saturated heterocycles. The van der Waals surface area contributed by atoms with Crippen molar-refractivity contribution in [2.24, 2.45) is 0 Å². The minimum Gasteiger partial charge on any atom is -0.494 e. The second-order valence-corrected chi connectivity index (χ2v) is 5.55. The van der Waals surface area contributed by atoms with Gasteiger partial charge < -0.3 is 10.1 Å². The zero-order valence-electron chi connectivity index (χ0n) is 13.0. The van der Waals surface area contributed by atoms with E-state index in [9.17, 15) is 9.59 Å². The van der Waals surface area contributed by atoms with Crippen molar-refractivity contribution in [1.82, 2.24) is 5.32 Å². The van der Waals surface area contributed by atoms with Gasteiger partial charge >= 0.3 is 6.03 Å². The number of benzene rings is 2. The highest BCUT2D eigenvalue weighted by Gasteiger charge is 2.34. The summed E-state index contributed by atoms with van der Waals surface area (Å²) in [6.45, 7) is 2.45. The second-order valence-electron chi connectivity index (χ2n) is 5.11. The molecule has 24 heavy (non-hydrogen) atoms. The lowest BCUT2D eigenvalue weighted by molar-refractivity contribution is -0.113. The van der Waals surface area contributed by atoms with Crippen LogP contribution < -0.4 is 15.0 Å². The minimum atomic E-state index is -0.505. The molecular formula is C18H15ClN2O3. The van der Waals surface area contributed by atoms with Gasteiger partial charge in [0.15, 0.2) is 0 Å². The number of urea groups is 1. The van der Waals surface area contributed by atoms with Gasteiger partial charge in [0.1, 0.15) is 11.4 Å². The van der Waals surface area contributed by atoms with Gasteiger partial charge in [0.25, 0.3) is 5.91 Å². The van der Waals surface area contributed by atoms with E-state index in [-0.39, 0.29) is 5.70 Å². The van der Waals surface area contributed by atoms with Crippen LogP contribution in [0.3, 0.4) is 0 Å². The van der Waals surface area contributed by atoms with Crippen LogP contribution in [0, 0.1) is 0 Å². The van der Waals surface area contributed by atoms with Crippen molar-refractivity contribution in [3.63, 3.8) is 0 Å². The first-order valence-corrected chi connectivity index (χ1v) is 7.82. The fraction of sp³-hybridized carbons (Fsp3) is 0.111. The number of rotatable bonds is 4. The van der Waals surface area contributed by atoms with E-state index in [4.69, 9.17) is 16.3 Å². The Morgan fingerprint density at radius 2 is 1.96 bits per heavy atom. The topological polar surface area (TPSA) is 58.6 Å². The Bertz CT molecular complexity index is 833. The Morgan fingerprint density at radius 1 is 1.17 bits per heavy atom. The van der Waals surface area contributed by atoms with Crippen LogP contribution in [0.1, 0.15) is 12.5 Å². The molecule has 0 spiro atoms. The average molecular weight is 343 g/mol. The summed E-state index contributed by atoms with van der Waals surface area (Å²) in [5, 5.41) is 3.04. The van der Waals surface area contributed by atoms with Crippen LogP contribution in [-0.4, -0.2) is 18.5 Å². The zero-order chi connectivity index (χ0) is 17.1. The van der Waals surface area contributed by atoms with Crippen molar-refractivity contribution in [3.8, 4) is 5.75 Å². The quantitative estimate of drug-likeness (QED) is 0.678. The Kier molecular flexibility index (Phi) is 4.53. The smallest absolute Gasteiger partial charge is 0.333 e. The summed E-state index contributed by atoms with van der Waals surface area (Å²) in [7, 11) is 0. The molecule has 0 aromatic heterocycles. The number of nitrogens with one attached hydrogen (secondary N) is 1. The highest BCUT2D eigenvalue weighted by atomic mass is 35.5. The van der Waals surface area contributed by atoms with Gasteiger partial charge in [-0.1, -0.05) is 29.8 Å². The number of carbonyl (C=O) groups excluding carboxylic acids is 2. The van der Waals surface area contributed by atoms with Crippen molar-refractivity contribution >= 4 is 35.3 Å². The van der Waals surface area contributed by atoms with Gasteiger partial charge in [-0.3, -0.25) is 4.79 Å². The minimum absolute atomic E-state index is 0.202. The molecule has 2 aromatic rings. The third-order valence-corrected chi connectivity index (χ3v) is 3.66. The Hall–Kier alpha value is -2.79. The Labute approximate surface area is 144 Å². The predicted molar refractivity (Wildman–Crippen MR) is 93.1 cm³/mol. The third-order valence-electron chi connectivity index (χ3n) is 3.42. The van der Waals surface area contributed by atoms with E-state index in [1.807, 2.05) is 25.1 Å². The first kappa shape index (κ1) is 16.1. The van der Waals surface area contributed by atoms with Crippen LogP contribution in [0.2, 0.25) is 5.02 Å². The van der Waals surface area contributed by atoms with Crippen LogP contribution >= 0.6 is 11.6 Å². The normalized spacial score (nSPS) is 15.8. The maximum atomic E-state index is 12.5. The van der Waals surface area contributed by atoms with Crippen molar-refractivity contribution < 1.29 is 14.3 Å². The molecule has 3 rings (SSSR count). The molecule has 6 heteroatoms. The average Bonchev–Trinajstić information content (AvgIpc) is 2.82. The number of imide groups is 1. The van der Waals surface area contributed by atoms with E-state index in [1.54, 1.807) is 36.4 Å². The van der Waals surface area contributed by atoms with E-state index in [1.165, 1.54) is 0 Å². The highest BCUT2D eigenvalue weighted by molar-refractivity contribution is 6.32. The van der Waals surface area contributed by atoms with E-state index < -0.39 is 11.9 Å². The lowest BCUT2D eigenvalue weighted by atomic mass is 10.2. The lowest BCUT2D eigenvalue weighted by Crippen LogP contribution is -2.30. The molecule has 1 N–H and O–H groups in total. The van der Waals surface area contributed by atoms with E-state index >= 15 is 0 Å². The molecule has 0 radical (unpaired) electrons. The van der Waals surface area contributed by atoms with Crippen LogP contribution in [-0.2, 0) is 4.79 Å². The fourth-order valence-electron chi connectivity index (χ4n) is 2.41. The van der Waals surface area contributed by atoms with Gasteiger partial charge in [0, 0.05) is 5.02 Å². The number of hydrogen-bond donors (Lipinski definition) is 1. The summed E-state index contributed by atoms with van der Waals surface area (Å²) >= 11 is 5.93. The number of halogens is 1. The fourth-order valence-corrected chi connectivity index (χ4v) is 2.60. The standard InChI is InChI=1S/C18H15ClN2O3/c1-2-24-15-8-3-5-12(9-15)10-16-17(22)21(18(23)20-16)14-7-4-6-13(19)11-14/h3-11H,2H2,1H3,(H,20,23). The zero-order valence-corrected chi connectivity index (χ0v) is 13.7. The number of carbonyl (C=O) groups is 2. The third kappa shape index (κ3) is 3.26. The molecule has 1 heterocycles. The van der Waals surface area contributed by atoms with Gasteiger partial charge in [-0.25, -0.2) is 9.69 Å². The van der Waals surface area contributed by atoms with Crippen LogP contribution in [0.5, 0.6) is 5.75 Å². The first-order chi connectivity index (χ1) is 11.6. The molecule has 0 saturated carbocycles. The first-order valence-electron chi connectivity index (χ1n) is 7.44. The summed E-state index contributed by atoms with van der Waals surface area (Å²) in [4.78, 5) is 25.8. The number of nitrogens with zero attached hydrogens (tertiary/aromatic N) is 1. The molecule has 3 amide bonds. The predicted octanol–water partition coefficient (Wildman–Crippen LogP) is 3.84. The van der Waals surface area contributed by atoms with Crippen molar-refractivity contribution in [3.05, 3.63) is 64.8 Å². The SMILES string of the molecule is CCOc1cccc(C=C2NC(=O)N(c3cccc(Cl)c3)C2=O)c1. The Balaban J connectivity index is 1.90. The van der Waals surface area contributed by atoms with Gasteiger partial charge in [-0.2, -0.15) is 0 Å². The summed E-state index contributed by atoms with van der Waals surface area (Å²) in [5.74, 6) is 0.277. The van der Waals surface area contributed by atoms with E-state index in [0.29, 0.717) is 23.1 Å². The van der Waals surface area contributed by atoms with E-state index in [2.05, 4.69) is 5.32 Å². The second kappa shape index (κ2) is 6.76. The molecular weight excluding hydrogens is 328 g/mol. The van der Waals surface area contributed by atoms with Crippen LogP contribution in [0.15, 0.2) is 54.2 Å². The Morgan fingerprint density at radius 3 is 2.71 bits per heavy atom. The molecule has 0 atom stereocenters. The molecule has 0 bridgehead atoms. The number of amides is 3. The molecule has 122 valence electrons. The monoisotopic (exact) mass is 342 g/mol. The van der Waals surface area contributed by atoms with Gasteiger partial charge in [0.2, 0.25) is 0 Å². The number of ether oxygens (including phenoxy) is 1. The van der Waals surface area contributed by atoms with Crippen LogP contribution in [0.25, 0.3) is 6.08 Å². The molecule has 0 unspecified atom stereocenters. The van der Waals surface area contributed by atoms with Crippen molar-refractivity contribution in [2.45, 2.75) is 6.92 Å². The maximum Gasteiger partial charge on any atom is 0.333 e. The van der Waals surface area contributed by atoms with Gasteiger partial charge in [0.05, 0.1) is 12.3 Å². The lowest BCUT2D eigenvalue weighted by Gasteiger charge is -2.11. The summed E-state index contributed by atoms with van der Waals surface area (Å²) in [6, 6.07) is 13.4. The van der Waals surface area contributed by atoms with Crippen molar-refractivity contribution in [1.29, 1.82) is 0 Å². The van der Waals surface area contributed by atoms with Crippen molar-refractivity contribution in [2.75, 3.05) is 11.5 Å². The number of anilines is 1. The summed E-state index contributed by atoms with van der Waals surface area (Å²) in [6.07, 6.45) is 1.62.